The average molecular weight is 1260 g/mol. The minimum Gasteiger partial charge on any atom is -0.489 e. The number of anilines is 2. The summed E-state index contributed by atoms with van der Waals surface area (Å²) in [4.78, 5) is 86.9. The topological polar surface area (TPSA) is 155 Å². The minimum absolute atomic E-state index is 0.0347. The number of fused-ring (bicyclic) bond motifs is 2. The van der Waals surface area contributed by atoms with Crippen LogP contribution in [-0.2, 0) is 19.8 Å². The van der Waals surface area contributed by atoms with Gasteiger partial charge in [-0.05, 0) is 234 Å². The number of carbonyl (C=O) groups is 6. The van der Waals surface area contributed by atoms with E-state index in [9.17, 15) is 28.8 Å². The number of hydrogen-bond donors (Lipinski definition) is 0. The van der Waals surface area contributed by atoms with Crippen molar-refractivity contribution in [3.8, 4) is 51.0 Å². The van der Waals surface area contributed by atoms with Crippen molar-refractivity contribution >= 4 is 65.2 Å². The van der Waals surface area contributed by atoms with Crippen LogP contribution in [0.15, 0.2) is 202 Å². The van der Waals surface area contributed by atoms with E-state index < -0.39 is 35.6 Å². The fourth-order valence-electron chi connectivity index (χ4n) is 11.8. The van der Waals surface area contributed by atoms with Gasteiger partial charge in [-0.3, -0.25) is 19.2 Å². The first-order valence-electron chi connectivity index (χ1n) is 30.9. The first-order chi connectivity index (χ1) is 45.8. The maximum Gasteiger partial charge on any atom is 0.343 e. The maximum absolute atomic E-state index is 14.6. The van der Waals surface area contributed by atoms with Crippen LogP contribution < -0.4 is 33.5 Å². The van der Waals surface area contributed by atoms with E-state index in [4.69, 9.17) is 23.7 Å². The molecule has 0 aliphatic carbocycles. The zero-order valence-electron chi connectivity index (χ0n) is 53.7. The molecule has 0 N–H and O–H groups in total. The summed E-state index contributed by atoms with van der Waals surface area (Å²) >= 11 is 0. The van der Waals surface area contributed by atoms with E-state index in [1.807, 2.05) is 164 Å². The molecule has 0 radical (unpaired) electrons. The van der Waals surface area contributed by atoms with Gasteiger partial charge >= 0.3 is 11.9 Å². The molecule has 95 heavy (non-hydrogen) atoms. The van der Waals surface area contributed by atoms with Gasteiger partial charge in [0.2, 0.25) is 0 Å². The van der Waals surface area contributed by atoms with Gasteiger partial charge in [-0.15, -0.1) is 0 Å². The molecule has 2 heterocycles. The van der Waals surface area contributed by atoms with Crippen molar-refractivity contribution in [2.24, 2.45) is 0 Å². The highest BCUT2D eigenvalue weighted by atomic mass is 16.5. The smallest absolute Gasteiger partial charge is 0.343 e. The van der Waals surface area contributed by atoms with Crippen LogP contribution in [0.25, 0.3) is 40.5 Å². The molecule has 2 aliphatic rings. The molecule has 0 saturated heterocycles. The molecule has 10 aromatic carbocycles. The lowest BCUT2D eigenvalue weighted by atomic mass is 9.88. The number of rotatable bonds is 20. The molecule has 12 rings (SSSR count). The number of amides is 4. The van der Waals surface area contributed by atoms with Crippen LogP contribution in [0.4, 0.5) is 11.4 Å². The van der Waals surface area contributed by atoms with E-state index in [0.717, 1.165) is 82.1 Å². The normalized spacial score (nSPS) is 12.3. The second kappa shape index (κ2) is 26.3. The zero-order chi connectivity index (χ0) is 66.9. The summed E-state index contributed by atoms with van der Waals surface area (Å²) in [6, 6.07) is 54.0. The van der Waals surface area contributed by atoms with E-state index >= 15 is 0 Å². The van der Waals surface area contributed by atoms with Crippen LogP contribution in [0.5, 0.6) is 28.7 Å². The van der Waals surface area contributed by atoms with E-state index in [-0.39, 0.29) is 51.4 Å². The molecule has 4 amide bonds. The lowest BCUT2D eigenvalue weighted by molar-refractivity contribution is 0.0722. The number of hydrogen-bond acceptors (Lipinski definition) is 11. The highest BCUT2D eigenvalue weighted by Gasteiger charge is 2.40. The van der Waals surface area contributed by atoms with Gasteiger partial charge < -0.3 is 23.7 Å². The van der Waals surface area contributed by atoms with Gasteiger partial charge in [-0.1, -0.05) is 129 Å². The molecule has 0 atom stereocenters. The number of benzene rings is 10. The monoisotopic (exact) mass is 1250 g/mol. The second-order valence-corrected chi connectivity index (χ2v) is 23.7. The van der Waals surface area contributed by atoms with Crippen molar-refractivity contribution < 1.29 is 52.5 Å². The summed E-state index contributed by atoms with van der Waals surface area (Å²) in [6.07, 6.45) is 5.32. The number of imide groups is 2. The third kappa shape index (κ3) is 12.5. The third-order valence-electron chi connectivity index (χ3n) is 17.6. The Morgan fingerprint density at radius 3 is 1.23 bits per heavy atom. The van der Waals surface area contributed by atoms with Crippen LogP contribution in [0.2, 0.25) is 0 Å². The van der Waals surface area contributed by atoms with E-state index in [1.165, 1.54) is 36.4 Å². The predicted octanol–water partition coefficient (Wildman–Crippen LogP) is 17.9. The van der Waals surface area contributed by atoms with E-state index in [0.29, 0.717) is 64.2 Å². The fraction of sp³-hybridized carbons (Fsp3) is 0.122. The largest absolute Gasteiger partial charge is 0.489 e. The Morgan fingerprint density at radius 1 is 0.368 bits per heavy atom. The van der Waals surface area contributed by atoms with Crippen LogP contribution in [0, 0.1) is 48.5 Å². The molecule has 0 unspecified atom stereocenters. The first-order valence-corrected chi connectivity index (χ1v) is 30.9. The minimum atomic E-state index is -0.725. The summed E-state index contributed by atoms with van der Waals surface area (Å²) in [5, 5.41) is 0. The quantitative estimate of drug-likeness (QED) is 0.0407. The molecule has 0 fully saturated rings. The van der Waals surface area contributed by atoms with Crippen LogP contribution in [0.1, 0.15) is 134 Å². The molecular formula is C82H66N2O11. The van der Waals surface area contributed by atoms with Gasteiger partial charge in [0.25, 0.3) is 23.6 Å². The average Bonchev–Trinajstić information content (AvgIpc) is 1.68. The van der Waals surface area contributed by atoms with Crippen LogP contribution in [-0.4, -0.2) is 35.6 Å². The Kier molecular flexibility index (Phi) is 17.5. The summed E-state index contributed by atoms with van der Waals surface area (Å²) in [5.74, 6) is -1.49. The molecule has 2 aliphatic heterocycles. The van der Waals surface area contributed by atoms with Crippen LogP contribution in [0.3, 0.4) is 0 Å². The maximum atomic E-state index is 14.6. The molecule has 13 heteroatoms. The summed E-state index contributed by atoms with van der Waals surface area (Å²) < 4.78 is 31.1. The number of carbonyl (C=O) groups excluding carboxylic acids is 6. The third-order valence-corrected chi connectivity index (χ3v) is 17.6. The summed E-state index contributed by atoms with van der Waals surface area (Å²) in [5.41, 5.74) is 15.6. The van der Waals surface area contributed by atoms with Gasteiger partial charge in [0.15, 0.2) is 0 Å². The Balaban J connectivity index is 0.737. The highest BCUT2D eigenvalue weighted by Crippen LogP contribution is 2.43. The van der Waals surface area contributed by atoms with Crippen molar-refractivity contribution in [2.75, 3.05) is 9.80 Å². The summed E-state index contributed by atoms with van der Waals surface area (Å²) in [7, 11) is 0. The number of ether oxygens (including phenoxy) is 5. The molecule has 0 saturated carbocycles. The van der Waals surface area contributed by atoms with Crippen molar-refractivity contribution in [3.63, 3.8) is 0 Å². The molecule has 13 nitrogen and oxygen atoms in total. The van der Waals surface area contributed by atoms with E-state index in [1.54, 1.807) is 48.6 Å². The first kappa shape index (κ1) is 63.2. The molecule has 10 aromatic rings. The zero-order valence-corrected chi connectivity index (χ0v) is 53.7. The number of nitrogens with zero attached hydrogens (tertiary/aromatic N) is 2. The van der Waals surface area contributed by atoms with Gasteiger partial charge in [0, 0.05) is 0 Å². The SMILES string of the molecule is C=Cc1ccc(COc2ccc(N3C(=O)c4ccc(C(=O)Oc5c(C)cc(-c6cc(C)c(OC(=O)c7ccc8c(c7)C(=O)N(c7ccc(-c9ccc(C)c(OCc%10ccc(C=C)cc%10)c9)cc7OCc7ccc(C=C)cc7)C8=O)c(C)c6C)c(C)c5C)cc4C3=O)cc2)cc1. The van der Waals surface area contributed by atoms with E-state index in [2.05, 4.69) is 19.7 Å². The van der Waals surface area contributed by atoms with Crippen LogP contribution >= 0.6 is 0 Å². The lowest BCUT2D eigenvalue weighted by Crippen LogP contribution is -2.29. The van der Waals surface area contributed by atoms with Crippen molar-refractivity contribution in [1.29, 1.82) is 0 Å². The standard InChI is InChI=1S/C82H66N2O11/c1-11-54-15-21-57(22-16-54)44-91-65-33-31-64(32-34-65)83-77(85)66-35-28-62(40-70(66)79(83)87)81(89)94-75-48(5)38-68(50(7)52(75)9)69-39-49(6)76(53(10)51(69)8)95-82(90)63-29-36-67-71(41-63)80(88)84(78(67)86)72-37-30-61(43-74(72)93-46-59-25-19-56(13-3)20-26-59)60-27-14-47(4)73(42-60)92-45-58-23-17-55(12-2)18-24-58/h11-43H,1-3,44-46H2,4-10H3. The van der Waals surface area contributed by atoms with Crippen molar-refractivity contribution in [2.45, 2.75) is 68.3 Å². The molecular weight excluding hydrogens is 1190 g/mol. The second-order valence-electron chi connectivity index (χ2n) is 23.7. The fourth-order valence-corrected chi connectivity index (χ4v) is 11.8. The van der Waals surface area contributed by atoms with Gasteiger partial charge in [0.1, 0.15) is 48.6 Å². The Hall–Kier alpha value is -12.0. The molecule has 470 valence electrons. The van der Waals surface area contributed by atoms with Crippen molar-refractivity contribution in [3.05, 3.63) is 307 Å². The Morgan fingerprint density at radius 2 is 0.768 bits per heavy atom. The number of aryl methyl sites for hydroxylation is 3. The molecule has 0 aromatic heterocycles. The lowest BCUT2D eigenvalue weighted by Gasteiger charge is -2.21. The molecule has 0 spiro atoms. The Bertz CT molecular complexity index is 4850. The summed E-state index contributed by atoms with van der Waals surface area (Å²) in [6.45, 7) is 25.6. The predicted molar refractivity (Wildman–Crippen MR) is 371 cm³/mol. The van der Waals surface area contributed by atoms with Gasteiger partial charge in [0.05, 0.1) is 44.8 Å². The van der Waals surface area contributed by atoms with Gasteiger partial charge in [-0.25, -0.2) is 19.4 Å². The molecule has 0 bridgehead atoms. The highest BCUT2D eigenvalue weighted by molar-refractivity contribution is 6.36. The van der Waals surface area contributed by atoms with Crippen molar-refractivity contribution in [1.82, 2.24) is 0 Å². The number of esters is 2. The van der Waals surface area contributed by atoms with Gasteiger partial charge in [-0.2, -0.15) is 0 Å². The Labute approximate surface area is 551 Å².